The number of rotatable bonds is 1. The second-order valence-electron chi connectivity index (χ2n) is 2.78. The third-order valence-corrected chi connectivity index (χ3v) is 2.00. The normalized spacial score (nSPS) is 13.0. The highest BCUT2D eigenvalue weighted by Gasteiger charge is 2.05. The van der Waals surface area contributed by atoms with Gasteiger partial charge in [-0.25, -0.2) is 0 Å². The second kappa shape index (κ2) is 3.35. The van der Waals surface area contributed by atoms with Crippen molar-refractivity contribution in [3.05, 3.63) is 42.1 Å². The van der Waals surface area contributed by atoms with E-state index in [1.807, 2.05) is 42.6 Å². The van der Waals surface area contributed by atoms with E-state index < -0.39 is 0 Å². The van der Waals surface area contributed by atoms with Crippen molar-refractivity contribution in [2.75, 3.05) is 12.4 Å². The first-order chi connectivity index (χ1) is 6.42. The molecule has 0 unspecified atom stereocenters. The summed E-state index contributed by atoms with van der Waals surface area (Å²) >= 11 is 0. The summed E-state index contributed by atoms with van der Waals surface area (Å²) in [6.45, 7) is 0. The zero-order valence-electron chi connectivity index (χ0n) is 7.45. The summed E-state index contributed by atoms with van der Waals surface area (Å²) in [5, 5.41) is 3.18. The van der Waals surface area contributed by atoms with Gasteiger partial charge < -0.3 is 10.1 Å². The first kappa shape index (κ1) is 7.92. The molecule has 2 heteroatoms. The van der Waals surface area contributed by atoms with Crippen molar-refractivity contribution in [1.29, 1.82) is 0 Å². The molecule has 2 nitrogen and oxygen atoms in total. The minimum Gasteiger partial charge on any atom is -0.496 e. The van der Waals surface area contributed by atoms with Gasteiger partial charge in [-0.3, -0.25) is 0 Å². The molecule has 1 aliphatic rings. The Kier molecular flexibility index (Phi) is 2.04. The SMILES string of the molecule is COc1cccc2c1C=CC=CN2. The Morgan fingerprint density at radius 3 is 3.00 bits per heavy atom. The number of allylic oxidation sites excluding steroid dienone is 2. The Hall–Kier alpha value is -1.70. The molecule has 1 heterocycles. The van der Waals surface area contributed by atoms with Crippen molar-refractivity contribution in [1.82, 2.24) is 0 Å². The summed E-state index contributed by atoms with van der Waals surface area (Å²) in [5.74, 6) is 0.893. The molecule has 1 aromatic rings. The van der Waals surface area contributed by atoms with Crippen molar-refractivity contribution < 1.29 is 4.74 Å². The minimum absolute atomic E-state index is 0.893. The summed E-state index contributed by atoms with van der Waals surface area (Å²) in [6, 6.07) is 5.95. The number of hydrogen-bond acceptors (Lipinski definition) is 2. The molecule has 1 aliphatic heterocycles. The standard InChI is InChI=1S/C11H11NO/c1-13-11-7-4-6-10-9(11)5-2-3-8-12-10/h2-8,12H,1H3. The van der Waals surface area contributed by atoms with Gasteiger partial charge in [0.25, 0.3) is 0 Å². The fourth-order valence-corrected chi connectivity index (χ4v) is 1.37. The molecule has 0 fully saturated rings. The van der Waals surface area contributed by atoms with Crippen molar-refractivity contribution in [2.45, 2.75) is 0 Å². The summed E-state index contributed by atoms with van der Waals surface area (Å²) in [6.07, 6.45) is 7.88. The Labute approximate surface area is 77.5 Å². The van der Waals surface area contributed by atoms with Crippen LogP contribution >= 0.6 is 0 Å². The largest absolute Gasteiger partial charge is 0.496 e. The van der Waals surface area contributed by atoms with E-state index in [0.29, 0.717) is 0 Å². The molecule has 2 rings (SSSR count). The maximum atomic E-state index is 5.25. The summed E-state index contributed by atoms with van der Waals surface area (Å²) < 4.78 is 5.25. The average Bonchev–Trinajstić information content (AvgIpc) is 2.41. The summed E-state index contributed by atoms with van der Waals surface area (Å²) in [7, 11) is 1.68. The average molecular weight is 173 g/mol. The maximum absolute atomic E-state index is 5.25. The predicted octanol–water partition coefficient (Wildman–Crippen LogP) is 2.65. The van der Waals surface area contributed by atoms with Gasteiger partial charge in [0, 0.05) is 17.5 Å². The van der Waals surface area contributed by atoms with Gasteiger partial charge in [-0.1, -0.05) is 12.1 Å². The number of benzene rings is 1. The highest BCUT2D eigenvalue weighted by atomic mass is 16.5. The van der Waals surface area contributed by atoms with Crippen LogP contribution in [0.5, 0.6) is 5.75 Å². The molecule has 0 radical (unpaired) electrons. The zero-order valence-corrected chi connectivity index (χ0v) is 7.45. The molecule has 1 N–H and O–H groups in total. The molecule has 0 aromatic heterocycles. The number of hydrogen-bond donors (Lipinski definition) is 1. The van der Waals surface area contributed by atoms with Crippen molar-refractivity contribution in [3.63, 3.8) is 0 Å². The van der Waals surface area contributed by atoms with Crippen molar-refractivity contribution in [2.24, 2.45) is 0 Å². The molecule has 0 bridgehead atoms. The Bertz CT molecular complexity index is 366. The molecule has 0 atom stereocenters. The smallest absolute Gasteiger partial charge is 0.128 e. The third-order valence-electron chi connectivity index (χ3n) is 2.00. The van der Waals surface area contributed by atoms with Gasteiger partial charge in [-0.05, 0) is 24.3 Å². The molecule has 0 saturated carbocycles. The van der Waals surface area contributed by atoms with Crippen LogP contribution in [-0.2, 0) is 0 Å². The highest BCUT2D eigenvalue weighted by molar-refractivity contribution is 5.74. The van der Waals surface area contributed by atoms with Crippen LogP contribution in [0, 0.1) is 0 Å². The van der Waals surface area contributed by atoms with Crippen LogP contribution in [0.4, 0.5) is 5.69 Å². The van der Waals surface area contributed by atoms with Crippen LogP contribution in [0.3, 0.4) is 0 Å². The van der Waals surface area contributed by atoms with Gasteiger partial charge in [0.1, 0.15) is 5.75 Å². The van der Waals surface area contributed by atoms with E-state index in [1.165, 1.54) is 0 Å². The molecular weight excluding hydrogens is 162 g/mol. The second-order valence-corrected chi connectivity index (χ2v) is 2.78. The van der Waals surface area contributed by atoms with E-state index in [2.05, 4.69) is 5.32 Å². The van der Waals surface area contributed by atoms with E-state index >= 15 is 0 Å². The lowest BCUT2D eigenvalue weighted by atomic mass is 10.1. The molecule has 66 valence electrons. The first-order valence-corrected chi connectivity index (χ1v) is 4.18. The van der Waals surface area contributed by atoms with Gasteiger partial charge in [-0.15, -0.1) is 0 Å². The minimum atomic E-state index is 0.893. The number of methoxy groups -OCH3 is 1. The highest BCUT2D eigenvalue weighted by Crippen LogP contribution is 2.28. The number of nitrogens with one attached hydrogen (secondary N) is 1. The van der Waals surface area contributed by atoms with E-state index in [1.54, 1.807) is 7.11 Å². The summed E-state index contributed by atoms with van der Waals surface area (Å²) in [4.78, 5) is 0. The van der Waals surface area contributed by atoms with E-state index in [0.717, 1.165) is 17.0 Å². The molecule has 1 aromatic carbocycles. The lowest BCUT2D eigenvalue weighted by molar-refractivity contribution is 0.414. The number of anilines is 1. The topological polar surface area (TPSA) is 21.3 Å². The monoisotopic (exact) mass is 173 g/mol. The van der Waals surface area contributed by atoms with Crippen LogP contribution in [0.2, 0.25) is 0 Å². The predicted molar refractivity (Wildman–Crippen MR) is 54.8 cm³/mol. The van der Waals surface area contributed by atoms with Crippen LogP contribution < -0.4 is 10.1 Å². The van der Waals surface area contributed by atoms with Crippen LogP contribution in [0.15, 0.2) is 36.6 Å². The van der Waals surface area contributed by atoms with Crippen LogP contribution in [0.25, 0.3) is 6.08 Å². The third kappa shape index (κ3) is 1.43. The Morgan fingerprint density at radius 1 is 1.23 bits per heavy atom. The summed E-state index contributed by atoms with van der Waals surface area (Å²) in [5.41, 5.74) is 2.17. The maximum Gasteiger partial charge on any atom is 0.128 e. The Balaban J connectivity index is 2.55. The van der Waals surface area contributed by atoms with Crippen molar-refractivity contribution in [3.8, 4) is 5.75 Å². The molecule has 0 spiro atoms. The lowest BCUT2D eigenvalue weighted by Gasteiger charge is -2.08. The van der Waals surface area contributed by atoms with Gasteiger partial charge >= 0.3 is 0 Å². The van der Waals surface area contributed by atoms with Crippen molar-refractivity contribution >= 4 is 11.8 Å². The fourth-order valence-electron chi connectivity index (χ4n) is 1.37. The van der Waals surface area contributed by atoms with Crippen LogP contribution in [-0.4, -0.2) is 7.11 Å². The van der Waals surface area contributed by atoms with Crippen LogP contribution in [0.1, 0.15) is 5.56 Å². The van der Waals surface area contributed by atoms with E-state index in [-0.39, 0.29) is 0 Å². The Morgan fingerprint density at radius 2 is 2.15 bits per heavy atom. The zero-order chi connectivity index (χ0) is 9.10. The number of ether oxygens (including phenoxy) is 1. The van der Waals surface area contributed by atoms with Gasteiger partial charge in [-0.2, -0.15) is 0 Å². The molecule has 13 heavy (non-hydrogen) atoms. The quantitative estimate of drug-likeness (QED) is 0.704. The fraction of sp³-hybridized carbons (Fsp3) is 0.0909. The van der Waals surface area contributed by atoms with Gasteiger partial charge in [0.05, 0.1) is 7.11 Å². The first-order valence-electron chi connectivity index (χ1n) is 4.18. The van der Waals surface area contributed by atoms with Gasteiger partial charge in [0.2, 0.25) is 0 Å². The molecule has 0 aliphatic carbocycles. The number of fused-ring (bicyclic) bond motifs is 1. The van der Waals surface area contributed by atoms with E-state index in [9.17, 15) is 0 Å². The van der Waals surface area contributed by atoms with Gasteiger partial charge in [0.15, 0.2) is 0 Å². The molecular formula is C11H11NO. The lowest BCUT2D eigenvalue weighted by Crippen LogP contribution is -1.92. The molecule has 0 saturated heterocycles. The van der Waals surface area contributed by atoms with E-state index in [4.69, 9.17) is 4.74 Å². The molecule has 0 amide bonds.